The molecule has 1 aliphatic rings. The van der Waals surface area contributed by atoms with Crippen LogP contribution in [-0.4, -0.2) is 36.1 Å². The fourth-order valence-electron chi connectivity index (χ4n) is 2.80. The summed E-state index contributed by atoms with van der Waals surface area (Å²) in [4.78, 5) is 30.0. The summed E-state index contributed by atoms with van der Waals surface area (Å²) >= 11 is 0. The third-order valence-corrected chi connectivity index (χ3v) is 4.23. The number of aliphatic imine (C=N–C) groups is 1. The molecule has 0 saturated carbocycles. The van der Waals surface area contributed by atoms with E-state index in [1.807, 2.05) is 65.6 Å². The number of benzene rings is 2. The molecule has 2 aromatic rings. The lowest BCUT2D eigenvalue weighted by Gasteiger charge is -2.19. The summed E-state index contributed by atoms with van der Waals surface area (Å²) in [6, 6.07) is 18.7. The number of alkyl carbamates (subject to hydrolysis) is 1. The van der Waals surface area contributed by atoms with Gasteiger partial charge in [0.25, 0.3) is 0 Å². The zero-order valence-electron chi connectivity index (χ0n) is 15.5. The van der Waals surface area contributed by atoms with Crippen molar-refractivity contribution >= 4 is 18.1 Å². The molecule has 146 valence electrons. The predicted octanol–water partition coefficient (Wildman–Crippen LogP) is 3.70. The van der Waals surface area contributed by atoms with Gasteiger partial charge in [0.1, 0.15) is 13.2 Å². The van der Waals surface area contributed by atoms with E-state index in [2.05, 4.69) is 10.3 Å². The van der Waals surface area contributed by atoms with Gasteiger partial charge in [-0.15, -0.1) is 4.99 Å². The molecule has 1 N–H and O–H groups in total. The van der Waals surface area contributed by atoms with Crippen molar-refractivity contribution < 1.29 is 19.1 Å². The fourth-order valence-corrected chi connectivity index (χ4v) is 2.80. The van der Waals surface area contributed by atoms with E-state index in [0.29, 0.717) is 13.1 Å². The summed E-state index contributed by atoms with van der Waals surface area (Å²) in [5.41, 5.74) is 1.74. The molecule has 3 rings (SSSR count). The zero-order chi connectivity index (χ0) is 19.6. The number of rotatable bonds is 4. The second-order valence-electron chi connectivity index (χ2n) is 6.36. The first kappa shape index (κ1) is 19.4. The van der Waals surface area contributed by atoms with Gasteiger partial charge in [0.2, 0.25) is 5.96 Å². The van der Waals surface area contributed by atoms with Crippen LogP contribution < -0.4 is 5.32 Å². The number of hydrogen-bond donors (Lipinski definition) is 1. The molecule has 0 aliphatic carbocycles. The molecule has 1 fully saturated rings. The van der Waals surface area contributed by atoms with Gasteiger partial charge in [-0.25, -0.2) is 9.59 Å². The summed E-state index contributed by atoms with van der Waals surface area (Å²) < 4.78 is 10.4. The van der Waals surface area contributed by atoms with Crippen LogP contribution in [0.25, 0.3) is 0 Å². The van der Waals surface area contributed by atoms with E-state index in [1.165, 1.54) is 0 Å². The number of likely N-dealkylation sites (tertiary alicyclic amines) is 1. The minimum absolute atomic E-state index is 0.120. The van der Waals surface area contributed by atoms with Crippen LogP contribution in [0.5, 0.6) is 0 Å². The van der Waals surface area contributed by atoms with Gasteiger partial charge < -0.3 is 14.4 Å². The average molecular weight is 381 g/mol. The van der Waals surface area contributed by atoms with Crippen molar-refractivity contribution in [1.82, 2.24) is 10.2 Å². The highest BCUT2D eigenvalue weighted by Gasteiger charge is 2.20. The molecular weight excluding hydrogens is 358 g/mol. The summed E-state index contributed by atoms with van der Waals surface area (Å²) in [7, 11) is 0. The third-order valence-electron chi connectivity index (χ3n) is 4.23. The highest BCUT2D eigenvalue weighted by molar-refractivity contribution is 5.98. The number of ether oxygens (including phenoxy) is 2. The lowest BCUT2D eigenvalue weighted by molar-refractivity contribution is 0.143. The second kappa shape index (κ2) is 10.1. The van der Waals surface area contributed by atoms with E-state index >= 15 is 0 Å². The van der Waals surface area contributed by atoms with E-state index in [4.69, 9.17) is 9.47 Å². The Bertz CT molecular complexity index is 803. The smallest absolute Gasteiger partial charge is 0.437 e. The molecule has 1 aliphatic heterocycles. The van der Waals surface area contributed by atoms with Gasteiger partial charge in [-0.05, 0) is 24.0 Å². The third kappa shape index (κ3) is 6.12. The topological polar surface area (TPSA) is 80.2 Å². The highest BCUT2D eigenvalue weighted by Crippen LogP contribution is 2.09. The maximum absolute atomic E-state index is 12.2. The predicted molar refractivity (Wildman–Crippen MR) is 105 cm³/mol. The molecule has 0 radical (unpaired) electrons. The normalized spacial score (nSPS) is 13.9. The van der Waals surface area contributed by atoms with E-state index in [9.17, 15) is 9.59 Å². The van der Waals surface area contributed by atoms with E-state index < -0.39 is 12.2 Å². The van der Waals surface area contributed by atoms with Crippen LogP contribution in [-0.2, 0) is 22.7 Å². The van der Waals surface area contributed by atoms with E-state index in [-0.39, 0.29) is 19.2 Å². The van der Waals surface area contributed by atoms with Crippen molar-refractivity contribution in [1.29, 1.82) is 0 Å². The molecule has 2 aromatic carbocycles. The number of nitrogens with zero attached hydrogens (tertiary/aromatic N) is 2. The van der Waals surface area contributed by atoms with Crippen LogP contribution in [0.2, 0.25) is 0 Å². The number of hydrogen-bond acceptors (Lipinski definition) is 4. The van der Waals surface area contributed by atoms with Gasteiger partial charge in [-0.2, -0.15) is 0 Å². The Morgan fingerprint density at radius 1 is 0.857 bits per heavy atom. The molecule has 1 heterocycles. The number of nitrogens with one attached hydrogen (secondary N) is 1. The average Bonchev–Trinajstić information content (AvgIpc) is 3.27. The van der Waals surface area contributed by atoms with Crippen molar-refractivity contribution in [2.24, 2.45) is 4.99 Å². The molecule has 0 bridgehead atoms. The summed E-state index contributed by atoms with van der Waals surface area (Å²) in [5.74, 6) is 0.161. The maximum atomic E-state index is 12.2. The summed E-state index contributed by atoms with van der Waals surface area (Å²) in [6.07, 6.45) is 0.525. The van der Waals surface area contributed by atoms with Crippen molar-refractivity contribution in [2.75, 3.05) is 13.1 Å². The first-order chi connectivity index (χ1) is 13.7. The molecule has 0 aromatic heterocycles. The lowest BCUT2D eigenvalue weighted by atomic mass is 10.2. The Kier molecular flexibility index (Phi) is 7.01. The minimum Gasteiger partial charge on any atom is -0.444 e. The van der Waals surface area contributed by atoms with Crippen LogP contribution in [0.15, 0.2) is 65.7 Å². The van der Waals surface area contributed by atoms with E-state index in [0.717, 1.165) is 24.0 Å². The minimum atomic E-state index is -0.755. The van der Waals surface area contributed by atoms with Gasteiger partial charge in [-0.1, -0.05) is 60.7 Å². The Morgan fingerprint density at radius 3 is 1.96 bits per heavy atom. The number of guanidine groups is 1. The Hall–Kier alpha value is -3.35. The summed E-state index contributed by atoms with van der Waals surface area (Å²) in [5, 5.41) is 2.57. The van der Waals surface area contributed by atoms with Crippen molar-refractivity contribution in [3.63, 3.8) is 0 Å². The fraction of sp³-hybridized carbons (Fsp3) is 0.286. The van der Waals surface area contributed by atoms with Crippen LogP contribution in [0.4, 0.5) is 9.59 Å². The van der Waals surface area contributed by atoms with Crippen LogP contribution in [0.1, 0.15) is 24.0 Å². The van der Waals surface area contributed by atoms with Crippen LogP contribution in [0.3, 0.4) is 0 Å². The van der Waals surface area contributed by atoms with Gasteiger partial charge >= 0.3 is 12.2 Å². The van der Waals surface area contributed by atoms with Gasteiger partial charge in [-0.3, -0.25) is 5.32 Å². The number of carbonyl (C=O) groups is 2. The Balaban J connectivity index is 1.57. The zero-order valence-corrected chi connectivity index (χ0v) is 15.5. The first-order valence-electron chi connectivity index (χ1n) is 9.23. The van der Waals surface area contributed by atoms with Crippen molar-refractivity contribution in [3.8, 4) is 0 Å². The first-order valence-corrected chi connectivity index (χ1v) is 9.23. The molecule has 28 heavy (non-hydrogen) atoms. The molecule has 0 spiro atoms. The number of carbonyl (C=O) groups excluding carboxylic acids is 2. The van der Waals surface area contributed by atoms with Crippen molar-refractivity contribution in [3.05, 3.63) is 71.8 Å². The molecule has 7 nitrogen and oxygen atoms in total. The molecule has 0 unspecified atom stereocenters. The van der Waals surface area contributed by atoms with Gasteiger partial charge in [0.05, 0.1) is 0 Å². The molecule has 0 atom stereocenters. The van der Waals surface area contributed by atoms with Crippen LogP contribution >= 0.6 is 0 Å². The van der Waals surface area contributed by atoms with Gasteiger partial charge in [0.15, 0.2) is 0 Å². The molecule has 1 saturated heterocycles. The maximum Gasteiger partial charge on any atom is 0.437 e. The summed E-state index contributed by atoms with van der Waals surface area (Å²) in [6.45, 7) is 1.68. The largest absolute Gasteiger partial charge is 0.444 e. The quantitative estimate of drug-likeness (QED) is 0.645. The van der Waals surface area contributed by atoms with Crippen molar-refractivity contribution in [2.45, 2.75) is 26.1 Å². The standard InChI is InChI=1S/C21H23N3O4/c25-20(27-15-17-9-3-1-4-10-17)22-19(24-13-7-8-14-24)23-21(26)28-16-18-11-5-2-6-12-18/h1-6,9-12H,7-8,13-16H2,(H,22,23,25,26). The Morgan fingerprint density at radius 2 is 1.39 bits per heavy atom. The molecular formula is C21H23N3O4. The van der Waals surface area contributed by atoms with Gasteiger partial charge in [0, 0.05) is 13.1 Å². The second-order valence-corrected chi connectivity index (χ2v) is 6.36. The molecule has 2 amide bonds. The lowest BCUT2D eigenvalue weighted by Crippen LogP contribution is -2.43. The number of amides is 2. The molecule has 7 heteroatoms. The monoisotopic (exact) mass is 381 g/mol. The highest BCUT2D eigenvalue weighted by atomic mass is 16.6. The van der Waals surface area contributed by atoms with Crippen LogP contribution in [0, 0.1) is 0 Å². The van der Waals surface area contributed by atoms with E-state index in [1.54, 1.807) is 0 Å². The Labute approximate surface area is 164 Å². The SMILES string of the molecule is O=C(/N=C(/NC(=O)OCc1ccccc1)N1CCCC1)OCc1ccccc1.